The molecule has 0 saturated heterocycles. The molecule has 4 aromatic rings. The van der Waals surface area contributed by atoms with Crippen molar-refractivity contribution in [2.75, 3.05) is 6.61 Å². The lowest BCUT2D eigenvalue weighted by molar-refractivity contribution is -0.142. The third-order valence-corrected chi connectivity index (χ3v) is 11.0. The predicted molar refractivity (Wildman–Crippen MR) is 219 cm³/mol. The van der Waals surface area contributed by atoms with Gasteiger partial charge in [-0.1, -0.05) is 56.5 Å². The van der Waals surface area contributed by atoms with Crippen LogP contribution in [0.2, 0.25) is 5.02 Å². The second-order valence-corrected chi connectivity index (χ2v) is 17.1. The van der Waals surface area contributed by atoms with E-state index >= 15 is 0 Å². The molecule has 2 aliphatic carbocycles. The number of aromatic amines is 2. The van der Waals surface area contributed by atoms with Gasteiger partial charge in [-0.3, -0.25) is 24.0 Å². The number of hydrogen-bond donors (Lipinski definition) is 2. The minimum absolute atomic E-state index is 0.0264. The molecule has 8 nitrogen and oxygen atoms in total. The van der Waals surface area contributed by atoms with Crippen LogP contribution in [0.4, 0.5) is 0 Å². The Balaban J connectivity index is 0.000000214. The lowest BCUT2D eigenvalue weighted by Crippen LogP contribution is -2.26. The largest absolute Gasteiger partial charge is 0.465 e. The number of ether oxygens (including phenoxy) is 1. The highest BCUT2D eigenvalue weighted by molar-refractivity contribution is 6.31. The number of benzene rings is 2. The van der Waals surface area contributed by atoms with Crippen LogP contribution in [0.3, 0.4) is 0 Å². The van der Waals surface area contributed by atoms with Gasteiger partial charge in [0.05, 0.1) is 6.61 Å². The average Bonchev–Trinajstić information content (AvgIpc) is 4.02. The number of aryl methyl sites for hydroxylation is 5. The summed E-state index contributed by atoms with van der Waals surface area (Å²) in [6.07, 6.45) is 5.72. The van der Waals surface area contributed by atoms with Gasteiger partial charge in [0.15, 0.2) is 11.6 Å². The molecule has 2 heterocycles. The van der Waals surface area contributed by atoms with Crippen molar-refractivity contribution in [2.24, 2.45) is 11.3 Å². The number of esters is 1. The van der Waals surface area contributed by atoms with Gasteiger partial charge in [-0.2, -0.15) is 0 Å². The molecule has 0 amide bonds. The molecule has 2 saturated carbocycles. The molecule has 2 aromatic carbocycles. The zero-order chi connectivity index (χ0) is 40.5. The summed E-state index contributed by atoms with van der Waals surface area (Å²) in [5, 5.41) is 0.541. The number of aromatic nitrogens is 2. The molecule has 0 bridgehead atoms. The van der Waals surface area contributed by atoms with Crippen LogP contribution in [0.25, 0.3) is 0 Å². The molecule has 2 N–H and O–H groups in total. The van der Waals surface area contributed by atoms with Crippen LogP contribution in [-0.2, 0) is 22.4 Å². The van der Waals surface area contributed by atoms with Crippen LogP contribution in [0.15, 0.2) is 46.0 Å². The monoisotopic (exact) mass is 766 g/mol. The first-order valence-electron chi connectivity index (χ1n) is 19.4. The Bertz CT molecular complexity index is 2230. The maximum Gasteiger partial charge on any atom is 0.302 e. The predicted octanol–water partition coefficient (Wildman–Crippen LogP) is 9.49. The Morgan fingerprint density at radius 2 is 1.18 bits per heavy atom. The number of halogens is 1. The Labute approximate surface area is 329 Å². The van der Waals surface area contributed by atoms with Crippen LogP contribution < -0.4 is 11.1 Å². The number of carbonyl (C=O) groups excluding carboxylic acids is 3. The first-order valence-corrected chi connectivity index (χ1v) is 19.8. The number of hydrogen-bond acceptors (Lipinski definition) is 6. The van der Waals surface area contributed by atoms with Crippen LogP contribution in [0.5, 0.6) is 0 Å². The molecule has 6 rings (SSSR count). The van der Waals surface area contributed by atoms with E-state index in [0.717, 1.165) is 52.8 Å². The molecule has 0 aliphatic heterocycles. The van der Waals surface area contributed by atoms with Gasteiger partial charge in [0.25, 0.3) is 11.1 Å². The molecule has 0 atom stereocenters. The van der Waals surface area contributed by atoms with Gasteiger partial charge in [0, 0.05) is 62.1 Å². The number of nitrogens with one attached hydrogen (secondary N) is 2. The summed E-state index contributed by atoms with van der Waals surface area (Å²) in [7, 11) is 0. The van der Waals surface area contributed by atoms with E-state index in [-0.39, 0.29) is 45.9 Å². The van der Waals surface area contributed by atoms with Crippen LogP contribution in [0.1, 0.15) is 154 Å². The van der Waals surface area contributed by atoms with Crippen molar-refractivity contribution >= 4 is 29.1 Å². The topological polar surface area (TPSA) is 126 Å². The molecule has 55 heavy (non-hydrogen) atoms. The first kappa shape index (κ1) is 41.6. The normalized spacial score (nSPS) is 14.4. The van der Waals surface area contributed by atoms with Crippen molar-refractivity contribution in [1.82, 2.24) is 9.97 Å². The van der Waals surface area contributed by atoms with Crippen molar-refractivity contribution in [3.8, 4) is 0 Å². The highest BCUT2D eigenvalue weighted by atomic mass is 35.5. The number of ketones is 2. The lowest BCUT2D eigenvalue weighted by atomic mass is 9.84. The van der Waals surface area contributed by atoms with Crippen molar-refractivity contribution in [3.05, 3.63) is 135 Å². The fourth-order valence-electron chi connectivity index (χ4n) is 7.70. The summed E-state index contributed by atoms with van der Waals surface area (Å²) in [6, 6.07) is 11.2. The second-order valence-electron chi connectivity index (χ2n) is 16.7. The number of rotatable bonds is 12. The maximum atomic E-state index is 13.7. The van der Waals surface area contributed by atoms with Gasteiger partial charge >= 0.3 is 5.97 Å². The number of carbonyl (C=O) groups is 3. The van der Waals surface area contributed by atoms with E-state index in [1.54, 1.807) is 6.07 Å². The minimum Gasteiger partial charge on any atom is -0.465 e. The smallest absolute Gasteiger partial charge is 0.302 e. The SMILES string of the molecule is CC(=O)OCC1(Cc2c(C)[nH]c(=O)c(C(C)C)c2C(=O)c2cc(C)cc(C)c2)CC1.Cc1cc(Cl)cc(C(=O)c2c(CC3CC3)c(C)[nH]c(=O)c2C(C)C)c1. The Hall–Kier alpha value is -4.56. The van der Waals surface area contributed by atoms with Crippen molar-refractivity contribution in [3.63, 3.8) is 0 Å². The lowest BCUT2D eigenvalue weighted by Gasteiger charge is -2.22. The summed E-state index contributed by atoms with van der Waals surface area (Å²) in [5.41, 5.74) is 9.21. The molecule has 2 aromatic heterocycles. The summed E-state index contributed by atoms with van der Waals surface area (Å²) in [4.78, 5) is 69.8. The Kier molecular flexibility index (Phi) is 12.6. The van der Waals surface area contributed by atoms with Gasteiger partial charge in [0.2, 0.25) is 0 Å². The van der Waals surface area contributed by atoms with E-state index in [9.17, 15) is 24.0 Å². The van der Waals surface area contributed by atoms with E-state index in [0.29, 0.717) is 63.0 Å². The van der Waals surface area contributed by atoms with Crippen LogP contribution in [0, 0.1) is 46.0 Å². The molecular weight excluding hydrogens is 712 g/mol. The van der Waals surface area contributed by atoms with Gasteiger partial charge in [0.1, 0.15) is 0 Å². The Morgan fingerprint density at radius 3 is 1.62 bits per heavy atom. The van der Waals surface area contributed by atoms with Crippen molar-refractivity contribution in [1.29, 1.82) is 0 Å². The summed E-state index contributed by atoms with van der Waals surface area (Å²) in [6.45, 7) is 19.1. The van der Waals surface area contributed by atoms with Gasteiger partial charge in [-0.15, -0.1) is 0 Å². The van der Waals surface area contributed by atoms with Gasteiger partial charge in [-0.05, 0) is 138 Å². The highest BCUT2D eigenvalue weighted by Crippen LogP contribution is 2.49. The van der Waals surface area contributed by atoms with E-state index in [4.69, 9.17) is 16.3 Å². The number of pyridine rings is 2. The van der Waals surface area contributed by atoms with Crippen molar-refractivity contribution < 1.29 is 19.1 Å². The summed E-state index contributed by atoms with van der Waals surface area (Å²) >= 11 is 6.16. The Morgan fingerprint density at radius 1 is 0.727 bits per heavy atom. The zero-order valence-corrected chi connectivity index (χ0v) is 34.7. The molecule has 9 heteroatoms. The molecule has 0 unspecified atom stereocenters. The first-order chi connectivity index (χ1) is 25.8. The van der Waals surface area contributed by atoms with E-state index in [2.05, 4.69) is 9.97 Å². The molecule has 0 radical (unpaired) electrons. The highest BCUT2D eigenvalue weighted by Gasteiger charge is 2.45. The molecule has 2 fully saturated rings. The minimum atomic E-state index is -0.297. The van der Waals surface area contributed by atoms with Crippen LogP contribution >= 0.6 is 11.6 Å². The zero-order valence-electron chi connectivity index (χ0n) is 34.0. The van der Waals surface area contributed by atoms with Crippen LogP contribution in [-0.4, -0.2) is 34.1 Å². The average molecular weight is 767 g/mol. The molecular formula is C46H55ClN2O6. The summed E-state index contributed by atoms with van der Waals surface area (Å²) in [5.74, 6) is -0.00798. The number of H-pyrrole nitrogens is 2. The standard InChI is InChI=1S/C25H31NO4.C21H24ClNO2/c1-14(2)21-22(23(28)19-10-15(3)9-16(4)11-19)20(17(5)26-24(21)29)12-25(7-8-25)13-30-18(6)27;1-11(2)18-19(20(24)15-7-12(3)8-16(22)10-15)17(9-14-5-6-14)13(4)23-21(18)25/h9-11,14H,7-8,12-13H2,1-6H3,(H,26,29);7-8,10-11,14H,5-6,9H2,1-4H3,(H,23,25). The van der Waals surface area contributed by atoms with E-state index in [1.807, 2.05) is 92.6 Å². The summed E-state index contributed by atoms with van der Waals surface area (Å²) < 4.78 is 5.30. The fraction of sp³-hybridized carbons (Fsp3) is 0.457. The molecule has 292 valence electrons. The fourth-order valence-corrected chi connectivity index (χ4v) is 7.99. The molecule has 0 spiro atoms. The third kappa shape index (κ3) is 9.82. The molecule has 2 aliphatic rings. The second kappa shape index (κ2) is 16.7. The van der Waals surface area contributed by atoms with E-state index in [1.165, 1.54) is 19.8 Å². The quantitative estimate of drug-likeness (QED) is 0.109. The van der Waals surface area contributed by atoms with Crippen molar-refractivity contribution in [2.45, 2.75) is 120 Å². The third-order valence-electron chi connectivity index (χ3n) is 10.8. The maximum absolute atomic E-state index is 13.7. The van der Waals surface area contributed by atoms with E-state index < -0.39 is 0 Å². The van der Waals surface area contributed by atoms with Gasteiger partial charge in [-0.25, -0.2) is 0 Å². The van der Waals surface area contributed by atoms with Gasteiger partial charge < -0.3 is 14.7 Å².